The highest BCUT2D eigenvalue weighted by molar-refractivity contribution is 5.95. The van der Waals surface area contributed by atoms with Crippen LogP contribution in [0.5, 0.6) is 5.75 Å². The van der Waals surface area contributed by atoms with E-state index >= 15 is 0 Å². The number of nitrogens with two attached hydrogens (primary N) is 1. The van der Waals surface area contributed by atoms with Gasteiger partial charge in [-0.2, -0.15) is 0 Å². The fraction of sp³-hybridized carbons (Fsp3) is 0.410. The number of hydrogen-bond acceptors (Lipinski definition) is 7. The Morgan fingerprint density at radius 1 is 0.765 bits per heavy atom. The Morgan fingerprint density at radius 3 is 2.00 bits per heavy atom. The standard InChI is InChI=1S/C39H51N5O7/c1-38(2,3)22-32(40)36(48)44-30-13-9-26(10-14-30)17-18-41-33(45)23-39(4,5)24-34(46)42-19-20-51-31-15-11-28(12-16-31)35(47)43-25-27-7-6-8-29(21-27)37(49)50/h6-16,21,32H,17-20,22-25,40H2,1-5H3,(H,41,45)(H,42,46)(H,43,47)(H,44,48)(H,49,50)/t32-/m0/s1. The fourth-order valence-corrected chi connectivity index (χ4v) is 5.31. The van der Waals surface area contributed by atoms with Crippen molar-refractivity contribution in [2.24, 2.45) is 16.6 Å². The Labute approximate surface area is 299 Å². The van der Waals surface area contributed by atoms with Crippen LogP contribution in [0.3, 0.4) is 0 Å². The summed E-state index contributed by atoms with van der Waals surface area (Å²) < 4.78 is 5.69. The number of hydrogen-bond donors (Lipinski definition) is 6. The molecule has 0 aliphatic rings. The lowest BCUT2D eigenvalue weighted by molar-refractivity contribution is -0.126. The van der Waals surface area contributed by atoms with E-state index in [9.17, 15) is 24.0 Å². The molecule has 1 atom stereocenters. The van der Waals surface area contributed by atoms with Crippen molar-refractivity contribution in [2.75, 3.05) is 25.0 Å². The predicted molar refractivity (Wildman–Crippen MR) is 196 cm³/mol. The van der Waals surface area contributed by atoms with Crippen molar-refractivity contribution in [1.29, 1.82) is 0 Å². The van der Waals surface area contributed by atoms with Crippen molar-refractivity contribution < 1.29 is 33.8 Å². The summed E-state index contributed by atoms with van der Waals surface area (Å²) in [5.74, 6) is -1.36. The molecule has 0 heterocycles. The number of aromatic carboxylic acids is 1. The van der Waals surface area contributed by atoms with Gasteiger partial charge in [0, 0.05) is 37.2 Å². The highest BCUT2D eigenvalue weighted by Gasteiger charge is 2.25. The smallest absolute Gasteiger partial charge is 0.335 e. The van der Waals surface area contributed by atoms with Crippen molar-refractivity contribution in [3.63, 3.8) is 0 Å². The van der Waals surface area contributed by atoms with Crippen molar-refractivity contribution in [3.05, 3.63) is 95.1 Å². The number of carbonyl (C=O) groups excluding carboxylic acids is 4. The Morgan fingerprint density at radius 2 is 1.39 bits per heavy atom. The monoisotopic (exact) mass is 701 g/mol. The summed E-state index contributed by atoms with van der Waals surface area (Å²) in [5.41, 5.74) is 8.35. The van der Waals surface area contributed by atoms with Crippen molar-refractivity contribution in [1.82, 2.24) is 16.0 Å². The molecule has 0 aliphatic heterocycles. The molecule has 3 rings (SSSR count). The van der Waals surface area contributed by atoms with E-state index in [2.05, 4.69) is 21.3 Å². The van der Waals surface area contributed by atoms with Crippen LogP contribution in [0, 0.1) is 10.8 Å². The SMILES string of the molecule is CC(C)(C)C[C@H](N)C(=O)Nc1ccc(CCNC(=O)CC(C)(C)CC(=O)NCCOc2ccc(C(=O)NCc3cccc(C(=O)O)c3)cc2)cc1. The zero-order valence-corrected chi connectivity index (χ0v) is 30.1. The van der Waals surface area contributed by atoms with Crippen LogP contribution in [0.2, 0.25) is 0 Å². The molecule has 7 N–H and O–H groups in total. The molecule has 3 aromatic carbocycles. The van der Waals surface area contributed by atoms with Gasteiger partial charge in [-0.05, 0) is 83.3 Å². The number of rotatable bonds is 18. The van der Waals surface area contributed by atoms with E-state index in [1.165, 1.54) is 12.1 Å². The van der Waals surface area contributed by atoms with Crippen LogP contribution >= 0.6 is 0 Å². The lowest BCUT2D eigenvalue weighted by atomic mass is 9.85. The molecule has 274 valence electrons. The van der Waals surface area contributed by atoms with E-state index in [0.717, 1.165) is 5.56 Å². The second-order valence-corrected chi connectivity index (χ2v) is 14.6. The first-order valence-corrected chi connectivity index (χ1v) is 17.0. The van der Waals surface area contributed by atoms with E-state index in [4.69, 9.17) is 15.6 Å². The zero-order chi connectivity index (χ0) is 37.6. The van der Waals surface area contributed by atoms with Gasteiger partial charge in [0.2, 0.25) is 17.7 Å². The lowest BCUT2D eigenvalue weighted by Gasteiger charge is -2.23. The first-order chi connectivity index (χ1) is 24.0. The van der Waals surface area contributed by atoms with E-state index < -0.39 is 17.4 Å². The number of anilines is 1. The molecule has 0 aliphatic carbocycles. The highest BCUT2D eigenvalue weighted by atomic mass is 16.5. The van der Waals surface area contributed by atoms with Crippen LogP contribution in [0.25, 0.3) is 0 Å². The molecule has 0 spiro atoms. The molecule has 0 saturated carbocycles. The van der Waals surface area contributed by atoms with Crippen LogP contribution in [-0.4, -0.2) is 60.4 Å². The third-order valence-electron chi connectivity index (χ3n) is 7.84. The minimum Gasteiger partial charge on any atom is -0.492 e. The summed E-state index contributed by atoms with van der Waals surface area (Å²) in [5, 5.41) is 20.5. The summed E-state index contributed by atoms with van der Waals surface area (Å²) in [7, 11) is 0. The van der Waals surface area contributed by atoms with Gasteiger partial charge in [-0.3, -0.25) is 19.2 Å². The third-order valence-corrected chi connectivity index (χ3v) is 7.84. The van der Waals surface area contributed by atoms with E-state index in [0.29, 0.717) is 42.0 Å². The summed E-state index contributed by atoms with van der Waals surface area (Å²) in [4.78, 5) is 61.2. The van der Waals surface area contributed by atoms with Gasteiger partial charge >= 0.3 is 5.97 Å². The normalized spacial score (nSPS) is 12.0. The van der Waals surface area contributed by atoms with Crippen LogP contribution in [0.15, 0.2) is 72.8 Å². The first-order valence-electron chi connectivity index (χ1n) is 17.0. The Balaban J connectivity index is 1.30. The largest absolute Gasteiger partial charge is 0.492 e. The van der Waals surface area contributed by atoms with Gasteiger partial charge in [-0.25, -0.2) is 4.79 Å². The Bertz CT molecular complexity index is 1650. The summed E-state index contributed by atoms with van der Waals surface area (Å²) in [6.45, 7) is 11.0. The second kappa shape index (κ2) is 18.7. The maximum Gasteiger partial charge on any atom is 0.335 e. The van der Waals surface area contributed by atoms with Crippen molar-refractivity contribution in [2.45, 2.75) is 72.9 Å². The topological polar surface area (TPSA) is 189 Å². The fourth-order valence-electron chi connectivity index (χ4n) is 5.31. The van der Waals surface area contributed by atoms with Crippen LogP contribution in [-0.2, 0) is 27.3 Å². The van der Waals surface area contributed by atoms with Gasteiger partial charge in [0.25, 0.3) is 5.91 Å². The van der Waals surface area contributed by atoms with Crippen LogP contribution in [0.4, 0.5) is 5.69 Å². The van der Waals surface area contributed by atoms with Gasteiger partial charge in [0.15, 0.2) is 0 Å². The second-order valence-electron chi connectivity index (χ2n) is 14.6. The predicted octanol–water partition coefficient (Wildman–Crippen LogP) is 4.68. The molecule has 0 aromatic heterocycles. The summed E-state index contributed by atoms with van der Waals surface area (Å²) in [6.07, 6.45) is 1.54. The number of ether oxygens (including phenoxy) is 1. The molecule has 51 heavy (non-hydrogen) atoms. The van der Waals surface area contributed by atoms with E-state index in [-0.39, 0.29) is 67.1 Å². The molecule has 4 amide bonds. The van der Waals surface area contributed by atoms with Gasteiger partial charge in [0.1, 0.15) is 12.4 Å². The molecule has 0 unspecified atom stereocenters. The molecule has 0 bridgehead atoms. The third kappa shape index (κ3) is 15.0. The van der Waals surface area contributed by atoms with Gasteiger partial charge in [-0.15, -0.1) is 0 Å². The van der Waals surface area contributed by atoms with Crippen LogP contribution < -0.4 is 31.7 Å². The maximum atomic E-state index is 12.6. The minimum atomic E-state index is -1.03. The zero-order valence-electron chi connectivity index (χ0n) is 30.1. The molecule has 12 nitrogen and oxygen atoms in total. The molecule has 0 saturated heterocycles. The Hall–Kier alpha value is -5.23. The summed E-state index contributed by atoms with van der Waals surface area (Å²) >= 11 is 0. The quantitative estimate of drug-likeness (QED) is 0.103. The first kappa shape index (κ1) is 40.2. The maximum absolute atomic E-state index is 12.6. The number of benzene rings is 3. The van der Waals surface area contributed by atoms with E-state index in [1.54, 1.807) is 36.4 Å². The number of carboxylic acids is 1. The Kier molecular flexibility index (Phi) is 14.7. The average Bonchev–Trinajstić information content (AvgIpc) is 3.05. The number of carboxylic acid groups (broad SMARTS) is 1. The van der Waals surface area contributed by atoms with Gasteiger partial charge in [0.05, 0.1) is 18.2 Å². The molecule has 0 radical (unpaired) electrons. The van der Waals surface area contributed by atoms with E-state index in [1.807, 2.05) is 58.9 Å². The average molecular weight is 702 g/mol. The number of carbonyl (C=O) groups is 5. The van der Waals surface area contributed by atoms with Crippen molar-refractivity contribution in [3.8, 4) is 5.75 Å². The van der Waals surface area contributed by atoms with Crippen LogP contribution in [0.1, 0.15) is 85.7 Å². The molecular formula is C39H51N5O7. The molecule has 12 heteroatoms. The summed E-state index contributed by atoms with van der Waals surface area (Å²) in [6, 6.07) is 19.8. The van der Waals surface area contributed by atoms with Crippen molar-refractivity contribution >= 4 is 35.3 Å². The lowest BCUT2D eigenvalue weighted by Crippen LogP contribution is -2.38. The number of nitrogens with one attached hydrogen (secondary N) is 4. The molecule has 3 aromatic rings. The van der Waals surface area contributed by atoms with Gasteiger partial charge < -0.3 is 36.8 Å². The highest BCUT2D eigenvalue weighted by Crippen LogP contribution is 2.25. The number of amides is 4. The van der Waals surface area contributed by atoms with Gasteiger partial charge in [-0.1, -0.05) is 58.9 Å². The molecular weight excluding hydrogens is 650 g/mol. The minimum absolute atomic E-state index is 0.0472. The molecule has 0 fully saturated rings.